The summed E-state index contributed by atoms with van der Waals surface area (Å²) in [6, 6.07) is 0. The Hall–Kier alpha value is -0.110. The summed E-state index contributed by atoms with van der Waals surface area (Å²) >= 11 is 0. The monoisotopic (exact) mass is 276 g/mol. The van der Waals surface area contributed by atoms with Gasteiger partial charge < -0.3 is 9.42 Å². The Morgan fingerprint density at radius 2 is 1.56 bits per heavy atom. The number of rotatable bonds is 12. The van der Waals surface area contributed by atoms with Crippen molar-refractivity contribution in [3.05, 3.63) is 11.9 Å². The first kappa shape index (κ1) is 17.9. The van der Waals surface area contributed by atoms with Crippen LogP contribution >= 0.6 is 7.60 Å². The average Bonchev–Trinajstić information content (AvgIpc) is 2.31. The van der Waals surface area contributed by atoms with Crippen LogP contribution in [0.25, 0.3) is 0 Å². The Kier molecular flexibility index (Phi) is 11.9. The molecule has 1 N–H and O–H groups in total. The van der Waals surface area contributed by atoms with Gasteiger partial charge >= 0.3 is 7.60 Å². The standard InChI is InChI=1S/C14H29O3P/c1-3-5-6-7-8-9-10-11-12-13-14-18(15,16)17-4-2/h13-14H,3-12H2,1-2H3,(H,15,16). The Bertz CT molecular complexity index is 251. The molecule has 0 amide bonds. The van der Waals surface area contributed by atoms with Gasteiger partial charge in [-0.1, -0.05) is 57.9 Å². The van der Waals surface area contributed by atoms with Gasteiger partial charge in [-0.05, 0) is 19.8 Å². The summed E-state index contributed by atoms with van der Waals surface area (Å²) in [5.41, 5.74) is 0. The van der Waals surface area contributed by atoms with Crippen LogP contribution in [0.5, 0.6) is 0 Å². The Morgan fingerprint density at radius 1 is 1.00 bits per heavy atom. The fourth-order valence-corrected chi connectivity index (χ4v) is 2.70. The van der Waals surface area contributed by atoms with E-state index in [0.717, 1.165) is 12.8 Å². The van der Waals surface area contributed by atoms with E-state index >= 15 is 0 Å². The van der Waals surface area contributed by atoms with Gasteiger partial charge in [0, 0.05) is 5.82 Å². The molecule has 0 heterocycles. The minimum Gasteiger partial charge on any atom is -0.321 e. The van der Waals surface area contributed by atoms with Gasteiger partial charge in [-0.2, -0.15) is 0 Å². The summed E-state index contributed by atoms with van der Waals surface area (Å²) in [6.45, 7) is 4.22. The molecule has 0 fully saturated rings. The van der Waals surface area contributed by atoms with Crippen molar-refractivity contribution in [3.8, 4) is 0 Å². The molecule has 18 heavy (non-hydrogen) atoms. The smallest absolute Gasteiger partial charge is 0.321 e. The normalized spacial score (nSPS) is 15.1. The number of hydrogen-bond acceptors (Lipinski definition) is 2. The number of unbranched alkanes of at least 4 members (excludes halogenated alkanes) is 8. The molecule has 0 aliphatic carbocycles. The second kappa shape index (κ2) is 12.0. The van der Waals surface area contributed by atoms with Gasteiger partial charge in [0.15, 0.2) is 0 Å². The van der Waals surface area contributed by atoms with E-state index < -0.39 is 7.60 Å². The van der Waals surface area contributed by atoms with E-state index in [1.54, 1.807) is 13.0 Å². The van der Waals surface area contributed by atoms with Crippen LogP contribution in [0, 0.1) is 0 Å². The molecular weight excluding hydrogens is 247 g/mol. The molecule has 1 atom stereocenters. The topological polar surface area (TPSA) is 46.5 Å². The van der Waals surface area contributed by atoms with Gasteiger partial charge in [0.25, 0.3) is 0 Å². The van der Waals surface area contributed by atoms with Crippen molar-refractivity contribution in [3.63, 3.8) is 0 Å². The molecule has 0 spiro atoms. The van der Waals surface area contributed by atoms with Crippen LogP contribution < -0.4 is 0 Å². The molecule has 0 aromatic heterocycles. The third-order valence-electron chi connectivity index (χ3n) is 2.83. The fourth-order valence-electron chi connectivity index (χ4n) is 1.83. The van der Waals surface area contributed by atoms with Crippen molar-refractivity contribution < 1.29 is 14.0 Å². The summed E-state index contributed by atoms with van der Waals surface area (Å²) in [6.07, 6.45) is 12.9. The third-order valence-corrected chi connectivity index (χ3v) is 4.05. The van der Waals surface area contributed by atoms with E-state index in [0.29, 0.717) is 0 Å². The van der Waals surface area contributed by atoms with Crippen LogP contribution in [-0.2, 0) is 9.09 Å². The van der Waals surface area contributed by atoms with Crippen molar-refractivity contribution in [2.24, 2.45) is 0 Å². The Morgan fingerprint density at radius 3 is 2.11 bits per heavy atom. The molecule has 108 valence electrons. The minimum absolute atomic E-state index is 0.274. The predicted molar refractivity (Wildman–Crippen MR) is 77.8 cm³/mol. The van der Waals surface area contributed by atoms with E-state index in [1.807, 2.05) is 0 Å². The highest BCUT2D eigenvalue weighted by atomic mass is 31.2. The first-order chi connectivity index (χ1) is 8.62. The molecule has 0 aromatic rings. The van der Waals surface area contributed by atoms with Crippen LogP contribution in [0.2, 0.25) is 0 Å². The fraction of sp³-hybridized carbons (Fsp3) is 0.857. The summed E-state index contributed by atoms with van der Waals surface area (Å²) in [7, 11) is -3.45. The van der Waals surface area contributed by atoms with Crippen LogP contribution in [-0.4, -0.2) is 11.5 Å². The van der Waals surface area contributed by atoms with Crippen molar-refractivity contribution in [2.75, 3.05) is 6.61 Å². The van der Waals surface area contributed by atoms with E-state index in [-0.39, 0.29) is 6.61 Å². The lowest BCUT2D eigenvalue weighted by molar-refractivity contribution is 0.283. The number of hydrogen-bond donors (Lipinski definition) is 1. The zero-order valence-electron chi connectivity index (χ0n) is 11.9. The van der Waals surface area contributed by atoms with Crippen molar-refractivity contribution in [2.45, 2.75) is 71.6 Å². The predicted octanol–water partition coefficient (Wildman–Crippen LogP) is 5.25. The minimum atomic E-state index is -3.45. The van der Waals surface area contributed by atoms with Gasteiger partial charge in [0.1, 0.15) is 0 Å². The van der Waals surface area contributed by atoms with Gasteiger partial charge in [-0.15, -0.1) is 0 Å². The van der Waals surface area contributed by atoms with Crippen molar-refractivity contribution >= 4 is 7.60 Å². The quantitative estimate of drug-likeness (QED) is 0.391. The first-order valence-corrected chi connectivity index (χ1v) is 8.91. The van der Waals surface area contributed by atoms with Gasteiger partial charge in [-0.25, -0.2) is 0 Å². The SMILES string of the molecule is CCCCCCCCCCC=CP(=O)(O)OCC. The highest BCUT2D eigenvalue weighted by Gasteiger charge is 2.11. The van der Waals surface area contributed by atoms with Crippen molar-refractivity contribution in [1.82, 2.24) is 0 Å². The molecule has 0 saturated carbocycles. The van der Waals surface area contributed by atoms with E-state index in [2.05, 4.69) is 6.92 Å². The summed E-state index contributed by atoms with van der Waals surface area (Å²) < 4.78 is 16.0. The molecular formula is C14H29O3P. The molecule has 0 aromatic carbocycles. The lowest BCUT2D eigenvalue weighted by Gasteiger charge is -2.04. The highest BCUT2D eigenvalue weighted by molar-refractivity contribution is 7.56. The molecule has 0 aliphatic rings. The zero-order chi connectivity index (χ0) is 13.7. The maximum Gasteiger partial charge on any atom is 0.351 e. The molecule has 0 saturated heterocycles. The Labute approximate surface area is 112 Å². The molecule has 3 nitrogen and oxygen atoms in total. The highest BCUT2D eigenvalue weighted by Crippen LogP contribution is 2.43. The van der Waals surface area contributed by atoms with Gasteiger partial charge in [0.05, 0.1) is 6.61 Å². The molecule has 0 radical (unpaired) electrons. The largest absolute Gasteiger partial charge is 0.351 e. The Balaban J connectivity index is 3.35. The van der Waals surface area contributed by atoms with Crippen molar-refractivity contribution in [1.29, 1.82) is 0 Å². The van der Waals surface area contributed by atoms with Crippen LogP contribution in [0.3, 0.4) is 0 Å². The summed E-state index contributed by atoms with van der Waals surface area (Å²) in [5, 5.41) is 0. The lowest BCUT2D eigenvalue weighted by atomic mass is 10.1. The van der Waals surface area contributed by atoms with Crippen LogP contribution in [0.15, 0.2) is 11.9 Å². The molecule has 4 heteroatoms. The molecule has 0 aliphatic heterocycles. The second-order valence-corrected chi connectivity index (χ2v) is 6.31. The second-order valence-electron chi connectivity index (χ2n) is 4.63. The number of allylic oxidation sites excluding steroid dienone is 1. The van der Waals surface area contributed by atoms with Crippen LogP contribution in [0.1, 0.15) is 71.6 Å². The average molecular weight is 276 g/mol. The molecule has 0 rings (SSSR count). The lowest BCUT2D eigenvalue weighted by Crippen LogP contribution is -1.84. The first-order valence-electron chi connectivity index (χ1n) is 7.27. The van der Waals surface area contributed by atoms with Crippen LogP contribution in [0.4, 0.5) is 0 Å². The van der Waals surface area contributed by atoms with E-state index in [4.69, 9.17) is 4.52 Å². The third kappa shape index (κ3) is 12.3. The molecule has 0 bridgehead atoms. The van der Waals surface area contributed by atoms with E-state index in [1.165, 1.54) is 50.8 Å². The van der Waals surface area contributed by atoms with Gasteiger partial charge in [0.2, 0.25) is 0 Å². The zero-order valence-corrected chi connectivity index (χ0v) is 12.8. The summed E-state index contributed by atoms with van der Waals surface area (Å²) in [5.74, 6) is 1.32. The summed E-state index contributed by atoms with van der Waals surface area (Å²) in [4.78, 5) is 9.28. The maximum atomic E-state index is 11.3. The maximum absolute atomic E-state index is 11.3. The van der Waals surface area contributed by atoms with E-state index in [9.17, 15) is 9.46 Å². The molecule has 1 unspecified atom stereocenters. The van der Waals surface area contributed by atoms with Gasteiger partial charge in [-0.3, -0.25) is 4.57 Å².